The van der Waals surface area contributed by atoms with Crippen LogP contribution >= 0.6 is 0 Å². The molecule has 2 heterocycles. The summed E-state index contributed by atoms with van der Waals surface area (Å²) >= 11 is 0. The Balaban J connectivity index is 2.16. The van der Waals surface area contributed by atoms with Crippen molar-refractivity contribution >= 4 is 11.8 Å². The molecule has 0 aliphatic carbocycles. The summed E-state index contributed by atoms with van der Waals surface area (Å²) in [6.45, 7) is 25.3. The summed E-state index contributed by atoms with van der Waals surface area (Å²) in [5, 5.41) is 3.21. The average molecular weight is 421 g/mol. The largest absolute Gasteiger partial charge is 0.353 e. The Labute approximate surface area is 185 Å². The molecule has 4 heteroatoms. The van der Waals surface area contributed by atoms with Crippen LogP contribution in [-0.2, 0) is 9.59 Å². The minimum atomic E-state index is -0.00770. The molecule has 0 bridgehead atoms. The quantitative estimate of drug-likeness (QED) is 0.638. The summed E-state index contributed by atoms with van der Waals surface area (Å²) < 4.78 is 0. The number of hydrogen-bond acceptors (Lipinski definition) is 2. The van der Waals surface area contributed by atoms with Gasteiger partial charge in [-0.3, -0.25) is 9.59 Å². The summed E-state index contributed by atoms with van der Waals surface area (Å²) in [6.07, 6.45) is 3.51. The summed E-state index contributed by atoms with van der Waals surface area (Å²) in [6, 6.07) is 0.492. The second-order valence-corrected chi connectivity index (χ2v) is 13.9. The summed E-state index contributed by atoms with van der Waals surface area (Å²) in [5.41, 5.74) is 0.143. The third kappa shape index (κ3) is 5.59. The van der Waals surface area contributed by atoms with Gasteiger partial charge in [0.1, 0.15) is 0 Å². The SMILES string of the molecule is CC(C)(C)C1CC(C(C)(C)CCN2C(=O)C(C(C)(C)C)CC2C(C)(C)C)CC(=O)N1. The predicted molar refractivity (Wildman–Crippen MR) is 125 cm³/mol. The molecule has 4 atom stereocenters. The van der Waals surface area contributed by atoms with Gasteiger partial charge in [0.15, 0.2) is 0 Å². The molecular weight excluding hydrogens is 372 g/mol. The Hall–Kier alpha value is -1.06. The normalized spacial score (nSPS) is 29.4. The van der Waals surface area contributed by atoms with Crippen LogP contribution < -0.4 is 5.32 Å². The predicted octanol–water partition coefficient (Wildman–Crippen LogP) is 5.65. The molecule has 0 aromatic carbocycles. The fraction of sp³-hybridized carbons (Fsp3) is 0.923. The van der Waals surface area contributed by atoms with Gasteiger partial charge in [0.2, 0.25) is 11.8 Å². The number of nitrogens with zero attached hydrogens (tertiary/aromatic N) is 1. The van der Waals surface area contributed by atoms with E-state index in [1.807, 2.05) is 0 Å². The number of carbonyl (C=O) groups is 2. The Morgan fingerprint density at radius 2 is 1.40 bits per heavy atom. The van der Waals surface area contributed by atoms with Crippen LogP contribution in [0.25, 0.3) is 0 Å². The van der Waals surface area contributed by atoms with Gasteiger partial charge in [0.05, 0.1) is 0 Å². The second-order valence-electron chi connectivity index (χ2n) is 13.9. The molecule has 174 valence electrons. The molecular formula is C26H48N2O2. The number of amides is 2. The van der Waals surface area contributed by atoms with Crippen LogP contribution in [0.15, 0.2) is 0 Å². The molecule has 2 fully saturated rings. The highest BCUT2D eigenvalue weighted by Crippen LogP contribution is 2.46. The molecule has 0 radical (unpaired) electrons. The lowest BCUT2D eigenvalue weighted by Crippen LogP contribution is -2.52. The van der Waals surface area contributed by atoms with Crippen LogP contribution in [-0.4, -0.2) is 35.3 Å². The van der Waals surface area contributed by atoms with Crippen LogP contribution in [0.3, 0.4) is 0 Å². The van der Waals surface area contributed by atoms with E-state index in [9.17, 15) is 9.59 Å². The number of hydrogen-bond donors (Lipinski definition) is 1. The van der Waals surface area contributed by atoms with Gasteiger partial charge in [-0.15, -0.1) is 0 Å². The van der Waals surface area contributed by atoms with E-state index in [0.717, 1.165) is 25.8 Å². The van der Waals surface area contributed by atoms with Crippen molar-refractivity contribution in [2.45, 2.75) is 114 Å². The zero-order valence-electron chi connectivity index (χ0n) is 21.6. The number of rotatable bonds is 4. The van der Waals surface area contributed by atoms with E-state index in [1.165, 1.54) is 0 Å². The van der Waals surface area contributed by atoms with Gasteiger partial charge in [-0.25, -0.2) is 0 Å². The number of piperidine rings is 1. The lowest BCUT2D eigenvalue weighted by Gasteiger charge is -2.45. The molecule has 4 unspecified atom stereocenters. The summed E-state index contributed by atoms with van der Waals surface area (Å²) in [4.78, 5) is 28.0. The van der Waals surface area contributed by atoms with E-state index in [0.29, 0.717) is 18.2 Å². The first-order valence-corrected chi connectivity index (χ1v) is 11.9. The van der Waals surface area contributed by atoms with Crippen LogP contribution in [0.2, 0.25) is 0 Å². The molecule has 0 saturated carbocycles. The molecule has 1 N–H and O–H groups in total. The molecule has 0 spiro atoms. The van der Waals surface area contributed by atoms with E-state index in [1.54, 1.807) is 0 Å². The zero-order valence-corrected chi connectivity index (χ0v) is 21.6. The highest BCUT2D eigenvalue weighted by Gasteiger charge is 2.49. The van der Waals surface area contributed by atoms with Gasteiger partial charge in [-0.1, -0.05) is 76.2 Å². The van der Waals surface area contributed by atoms with E-state index in [2.05, 4.69) is 86.4 Å². The minimum absolute atomic E-state index is 0.00770. The van der Waals surface area contributed by atoms with Crippen LogP contribution in [0.4, 0.5) is 0 Å². The van der Waals surface area contributed by atoms with Crippen molar-refractivity contribution < 1.29 is 9.59 Å². The molecule has 4 nitrogen and oxygen atoms in total. The van der Waals surface area contributed by atoms with E-state index in [-0.39, 0.29) is 45.6 Å². The number of nitrogens with one attached hydrogen (secondary N) is 1. The van der Waals surface area contributed by atoms with Crippen molar-refractivity contribution in [3.63, 3.8) is 0 Å². The topological polar surface area (TPSA) is 49.4 Å². The van der Waals surface area contributed by atoms with Crippen LogP contribution in [0, 0.1) is 33.5 Å². The maximum atomic E-state index is 13.4. The fourth-order valence-corrected chi connectivity index (χ4v) is 5.30. The second kappa shape index (κ2) is 8.13. The maximum absolute atomic E-state index is 13.4. The lowest BCUT2D eigenvalue weighted by molar-refractivity contribution is -0.136. The highest BCUT2D eigenvalue weighted by molar-refractivity contribution is 5.82. The summed E-state index contributed by atoms with van der Waals surface area (Å²) in [5.74, 6) is 0.944. The summed E-state index contributed by atoms with van der Waals surface area (Å²) in [7, 11) is 0. The van der Waals surface area contributed by atoms with Gasteiger partial charge >= 0.3 is 0 Å². The minimum Gasteiger partial charge on any atom is -0.353 e. The standard InChI is InChI=1S/C26H48N2O2/c1-23(2,3)18-16-20(25(7,8)9)28(22(18)30)13-12-26(10,11)17-14-19(24(4,5)6)27-21(29)15-17/h17-20H,12-16H2,1-11H3,(H,27,29). The van der Waals surface area contributed by atoms with Gasteiger partial charge in [-0.05, 0) is 46.8 Å². The molecule has 30 heavy (non-hydrogen) atoms. The Morgan fingerprint density at radius 1 is 0.833 bits per heavy atom. The smallest absolute Gasteiger partial charge is 0.226 e. The van der Waals surface area contributed by atoms with Crippen LogP contribution in [0.5, 0.6) is 0 Å². The Kier molecular flexibility index (Phi) is 6.83. The zero-order chi connectivity index (χ0) is 23.3. The van der Waals surface area contributed by atoms with Crippen molar-refractivity contribution in [1.29, 1.82) is 0 Å². The van der Waals surface area contributed by atoms with Gasteiger partial charge in [0.25, 0.3) is 0 Å². The molecule has 2 aliphatic rings. The van der Waals surface area contributed by atoms with Crippen molar-refractivity contribution in [3.8, 4) is 0 Å². The highest BCUT2D eigenvalue weighted by atomic mass is 16.2. The van der Waals surface area contributed by atoms with E-state index >= 15 is 0 Å². The molecule has 0 aromatic heterocycles. The fourth-order valence-electron chi connectivity index (χ4n) is 5.30. The van der Waals surface area contributed by atoms with Crippen LogP contribution in [0.1, 0.15) is 102 Å². The lowest BCUT2D eigenvalue weighted by atomic mass is 9.67. The first kappa shape index (κ1) is 25.2. The Bertz CT molecular complexity index is 645. The van der Waals surface area contributed by atoms with Crippen molar-refractivity contribution in [2.24, 2.45) is 33.5 Å². The third-order valence-corrected chi connectivity index (χ3v) is 7.90. The molecule has 2 amide bonds. The first-order chi connectivity index (χ1) is 13.3. The van der Waals surface area contributed by atoms with Crippen molar-refractivity contribution in [1.82, 2.24) is 10.2 Å². The van der Waals surface area contributed by atoms with Gasteiger partial charge < -0.3 is 10.2 Å². The van der Waals surface area contributed by atoms with E-state index < -0.39 is 0 Å². The first-order valence-electron chi connectivity index (χ1n) is 11.9. The molecule has 0 aromatic rings. The molecule has 2 saturated heterocycles. The third-order valence-electron chi connectivity index (χ3n) is 7.90. The van der Waals surface area contributed by atoms with E-state index in [4.69, 9.17) is 0 Å². The molecule has 2 aliphatic heterocycles. The van der Waals surface area contributed by atoms with Crippen molar-refractivity contribution in [3.05, 3.63) is 0 Å². The maximum Gasteiger partial charge on any atom is 0.226 e. The van der Waals surface area contributed by atoms with Crippen molar-refractivity contribution in [2.75, 3.05) is 6.54 Å². The molecule has 2 rings (SSSR count). The van der Waals surface area contributed by atoms with Gasteiger partial charge in [-0.2, -0.15) is 0 Å². The average Bonchev–Trinajstić information content (AvgIpc) is 2.88. The Morgan fingerprint density at radius 3 is 1.87 bits per heavy atom. The van der Waals surface area contributed by atoms with Gasteiger partial charge in [0, 0.05) is 31.0 Å². The number of likely N-dealkylation sites (tertiary alicyclic amines) is 1. The number of carbonyl (C=O) groups excluding carboxylic acids is 2. The monoisotopic (exact) mass is 420 g/mol.